The van der Waals surface area contributed by atoms with Gasteiger partial charge >= 0.3 is 11.9 Å². The van der Waals surface area contributed by atoms with Gasteiger partial charge in [0.05, 0.1) is 24.2 Å². The van der Waals surface area contributed by atoms with Crippen LogP contribution < -0.4 is 0 Å². The van der Waals surface area contributed by atoms with E-state index in [0.29, 0.717) is 0 Å². The molecule has 0 radical (unpaired) electrons. The first-order valence-corrected chi connectivity index (χ1v) is 12.2. The number of hydrogen-bond donors (Lipinski definition) is 2. The molecule has 0 spiro atoms. The van der Waals surface area contributed by atoms with E-state index in [9.17, 15) is 15.0 Å². The lowest BCUT2D eigenvalue weighted by Gasteiger charge is -2.37. The van der Waals surface area contributed by atoms with E-state index in [1.807, 2.05) is 91.0 Å². The van der Waals surface area contributed by atoms with Crippen LogP contribution in [0.4, 0.5) is 8.78 Å². The average molecular weight is 517 g/mol. The normalized spacial score (nSPS) is 20.8. The van der Waals surface area contributed by atoms with Crippen molar-refractivity contribution in [2.45, 2.75) is 29.8 Å². The molecular formula is C31H26F2O5. The van der Waals surface area contributed by atoms with Gasteiger partial charge in [-0.05, 0) is 28.3 Å². The third-order valence-corrected chi connectivity index (χ3v) is 6.95. The molecule has 2 N–H and O–H groups in total. The highest BCUT2D eigenvalue weighted by atomic mass is 19.3. The monoisotopic (exact) mass is 516 g/mol. The van der Waals surface area contributed by atoms with E-state index >= 15 is 8.78 Å². The number of rotatable bonds is 8. The SMILES string of the molecule is O=C(O)c1ccccc1[C@@H]1[C@H](COC(c2ccccc2)(c2ccccc2)c2ccccc2)OC(O)C1(F)F. The maximum Gasteiger partial charge on any atom is 0.335 e. The summed E-state index contributed by atoms with van der Waals surface area (Å²) in [5.74, 6) is -6.83. The quantitative estimate of drug-likeness (QED) is 0.288. The lowest BCUT2D eigenvalue weighted by molar-refractivity contribution is -0.193. The highest BCUT2D eigenvalue weighted by molar-refractivity contribution is 5.89. The number of benzene rings is 4. The third-order valence-electron chi connectivity index (χ3n) is 6.95. The zero-order chi connectivity index (χ0) is 26.8. The first-order chi connectivity index (χ1) is 18.4. The Morgan fingerprint density at radius 2 is 1.24 bits per heavy atom. The minimum Gasteiger partial charge on any atom is -0.478 e. The van der Waals surface area contributed by atoms with E-state index < -0.39 is 35.8 Å². The maximum absolute atomic E-state index is 15.3. The van der Waals surface area contributed by atoms with Crippen LogP contribution in [-0.4, -0.2) is 41.1 Å². The zero-order valence-electron chi connectivity index (χ0n) is 20.3. The lowest BCUT2D eigenvalue weighted by atomic mass is 9.80. The number of carboxylic acid groups (broad SMARTS) is 1. The number of hydrogen-bond acceptors (Lipinski definition) is 4. The van der Waals surface area contributed by atoms with Gasteiger partial charge in [0.1, 0.15) is 5.60 Å². The van der Waals surface area contributed by atoms with Gasteiger partial charge in [-0.1, -0.05) is 109 Å². The number of alkyl halides is 2. The minimum atomic E-state index is -3.74. The van der Waals surface area contributed by atoms with E-state index in [1.165, 1.54) is 24.3 Å². The Morgan fingerprint density at radius 3 is 1.71 bits per heavy atom. The van der Waals surface area contributed by atoms with Crippen molar-refractivity contribution in [1.82, 2.24) is 0 Å². The molecule has 7 heteroatoms. The van der Waals surface area contributed by atoms with E-state index in [1.54, 1.807) is 0 Å². The van der Waals surface area contributed by atoms with Gasteiger partial charge in [0, 0.05) is 0 Å². The van der Waals surface area contributed by atoms with Gasteiger partial charge in [0.2, 0.25) is 6.29 Å². The van der Waals surface area contributed by atoms with Gasteiger partial charge in [-0.3, -0.25) is 0 Å². The third kappa shape index (κ3) is 4.49. The molecule has 5 nitrogen and oxygen atoms in total. The van der Waals surface area contributed by atoms with Gasteiger partial charge in [0.15, 0.2) is 0 Å². The Hall–Kier alpha value is -3.91. The smallest absolute Gasteiger partial charge is 0.335 e. The van der Waals surface area contributed by atoms with Crippen LogP contribution in [0, 0.1) is 0 Å². The van der Waals surface area contributed by atoms with Gasteiger partial charge in [-0.15, -0.1) is 0 Å². The van der Waals surface area contributed by atoms with Crippen molar-refractivity contribution < 1.29 is 33.3 Å². The number of carbonyl (C=O) groups is 1. The van der Waals surface area contributed by atoms with Crippen LogP contribution in [-0.2, 0) is 15.1 Å². The van der Waals surface area contributed by atoms with Gasteiger partial charge < -0.3 is 19.7 Å². The molecule has 4 aromatic rings. The number of aromatic carboxylic acids is 1. The average Bonchev–Trinajstić information content (AvgIpc) is 3.18. The fourth-order valence-electron chi connectivity index (χ4n) is 5.22. The van der Waals surface area contributed by atoms with Crippen LogP contribution in [0.1, 0.15) is 38.5 Å². The van der Waals surface area contributed by atoms with Gasteiger partial charge in [-0.2, -0.15) is 0 Å². The van der Waals surface area contributed by atoms with E-state index in [0.717, 1.165) is 16.7 Å². The topological polar surface area (TPSA) is 76.0 Å². The number of aliphatic hydroxyl groups excluding tert-OH is 1. The first-order valence-electron chi connectivity index (χ1n) is 12.2. The Labute approximate surface area is 218 Å². The highest BCUT2D eigenvalue weighted by Gasteiger charge is 2.60. The molecule has 0 aromatic heterocycles. The standard InChI is InChI=1S/C31H26F2O5/c32-31(33)27(24-18-10-11-19-25(24)28(34)35)26(38-29(31)36)20-37-30(21-12-4-1-5-13-21,22-14-6-2-7-15-22)23-16-8-3-9-17-23/h1-19,26-27,29,36H,20H2,(H,34,35)/t26-,27+,29?/m0/s1. The van der Waals surface area contributed by atoms with Crippen LogP contribution in [0.5, 0.6) is 0 Å². The van der Waals surface area contributed by atoms with Crippen LogP contribution >= 0.6 is 0 Å². The van der Waals surface area contributed by atoms with Gasteiger partial charge in [0.25, 0.3) is 0 Å². The summed E-state index contributed by atoms with van der Waals surface area (Å²) in [5.41, 5.74) is 0.702. The molecule has 5 rings (SSSR count). The van der Waals surface area contributed by atoms with Crippen LogP contribution in [0.3, 0.4) is 0 Å². The Kier molecular flexibility index (Phi) is 7.08. The number of ether oxygens (including phenoxy) is 2. The molecule has 3 atom stereocenters. The molecule has 1 fully saturated rings. The van der Waals surface area contributed by atoms with E-state index in [4.69, 9.17) is 9.47 Å². The van der Waals surface area contributed by atoms with Crippen molar-refractivity contribution in [1.29, 1.82) is 0 Å². The number of halogens is 2. The molecule has 1 saturated heterocycles. The van der Waals surface area contributed by atoms with Crippen molar-refractivity contribution in [2.24, 2.45) is 0 Å². The molecular weight excluding hydrogens is 490 g/mol. The van der Waals surface area contributed by atoms with Crippen molar-refractivity contribution in [3.63, 3.8) is 0 Å². The highest BCUT2D eigenvalue weighted by Crippen LogP contribution is 2.49. The second-order valence-corrected chi connectivity index (χ2v) is 9.16. The van der Waals surface area contributed by atoms with Crippen molar-refractivity contribution in [2.75, 3.05) is 6.61 Å². The molecule has 1 aliphatic rings. The van der Waals surface area contributed by atoms with Gasteiger partial charge in [-0.25, -0.2) is 13.6 Å². The van der Waals surface area contributed by atoms with E-state index in [-0.39, 0.29) is 17.7 Å². The molecule has 0 amide bonds. The molecule has 1 unspecified atom stereocenters. The Morgan fingerprint density at radius 1 is 0.789 bits per heavy atom. The van der Waals surface area contributed by atoms with Crippen molar-refractivity contribution in [3.05, 3.63) is 143 Å². The Balaban J connectivity index is 1.62. The summed E-state index contributed by atoms with van der Waals surface area (Å²) in [6, 6.07) is 33.8. The molecule has 0 aliphatic carbocycles. The maximum atomic E-state index is 15.3. The number of carboxylic acids is 1. The molecule has 1 aliphatic heterocycles. The summed E-state index contributed by atoms with van der Waals surface area (Å²) in [5, 5.41) is 19.9. The lowest BCUT2D eigenvalue weighted by Crippen LogP contribution is -2.38. The molecule has 38 heavy (non-hydrogen) atoms. The summed E-state index contributed by atoms with van der Waals surface area (Å²) in [6.45, 7) is -0.357. The van der Waals surface area contributed by atoms with Crippen molar-refractivity contribution in [3.8, 4) is 0 Å². The second-order valence-electron chi connectivity index (χ2n) is 9.16. The summed E-state index contributed by atoms with van der Waals surface area (Å²) in [6.07, 6.45) is -3.75. The molecule has 4 aromatic carbocycles. The largest absolute Gasteiger partial charge is 0.478 e. The fraction of sp³-hybridized carbons (Fsp3) is 0.194. The molecule has 0 bridgehead atoms. The summed E-state index contributed by atoms with van der Waals surface area (Å²) < 4.78 is 42.7. The number of aliphatic hydroxyl groups is 1. The second kappa shape index (κ2) is 10.5. The molecule has 1 heterocycles. The van der Waals surface area contributed by atoms with Crippen molar-refractivity contribution >= 4 is 5.97 Å². The summed E-state index contributed by atoms with van der Waals surface area (Å²) in [7, 11) is 0. The van der Waals surface area contributed by atoms with E-state index in [2.05, 4.69) is 0 Å². The zero-order valence-corrected chi connectivity index (χ0v) is 20.3. The summed E-state index contributed by atoms with van der Waals surface area (Å²) in [4.78, 5) is 11.9. The predicted octanol–water partition coefficient (Wildman–Crippen LogP) is 5.83. The minimum absolute atomic E-state index is 0.125. The fourth-order valence-corrected chi connectivity index (χ4v) is 5.22. The van der Waals surface area contributed by atoms with Crippen LogP contribution in [0.15, 0.2) is 115 Å². The molecule has 194 valence electrons. The predicted molar refractivity (Wildman–Crippen MR) is 137 cm³/mol. The molecule has 0 saturated carbocycles. The van der Waals surface area contributed by atoms with Crippen LogP contribution in [0.2, 0.25) is 0 Å². The van der Waals surface area contributed by atoms with Crippen LogP contribution in [0.25, 0.3) is 0 Å². The summed E-state index contributed by atoms with van der Waals surface area (Å²) >= 11 is 0. The first kappa shape index (κ1) is 25.7. The Bertz CT molecular complexity index is 1280.